The van der Waals surface area contributed by atoms with Crippen LogP contribution in [0, 0.1) is 4.91 Å². The number of carbonyl (C=O) groups excluding carboxylic acids is 2. The summed E-state index contributed by atoms with van der Waals surface area (Å²) in [5.74, 6) is -0.270. The molecule has 0 radical (unpaired) electrons. The maximum atomic E-state index is 11.3. The quantitative estimate of drug-likeness (QED) is 0.402. The maximum Gasteiger partial charge on any atom is 0.341 e. The zero-order chi connectivity index (χ0) is 11.8. The van der Waals surface area contributed by atoms with Crippen molar-refractivity contribution in [1.29, 1.82) is 0 Å². The fourth-order valence-corrected chi connectivity index (χ4v) is 0.961. The predicted octanol–water partition coefficient (Wildman–Crippen LogP) is 0.0527. The summed E-state index contributed by atoms with van der Waals surface area (Å²) in [7, 11) is 1.44. The Bertz CT molecular complexity index is 248. The van der Waals surface area contributed by atoms with Crippen LogP contribution in [0.5, 0.6) is 0 Å². The van der Waals surface area contributed by atoms with Crippen molar-refractivity contribution in [3.8, 4) is 0 Å². The molecule has 0 saturated carbocycles. The highest BCUT2D eigenvalue weighted by molar-refractivity contribution is 6.18. The smallest absolute Gasteiger partial charge is 0.341 e. The number of likely N-dealkylation sites (N-methyl/N-ethyl adjacent to an activating group) is 1. The lowest BCUT2D eigenvalue weighted by atomic mass is 10.3. The van der Waals surface area contributed by atoms with Gasteiger partial charge in [-0.25, -0.2) is 4.79 Å². The van der Waals surface area contributed by atoms with Crippen LogP contribution in [0.4, 0.5) is 4.79 Å². The van der Waals surface area contributed by atoms with E-state index >= 15 is 0 Å². The molecular formula is C7H13ClN4O3. The van der Waals surface area contributed by atoms with E-state index in [1.165, 1.54) is 14.0 Å². The van der Waals surface area contributed by atoms with Gasteiger partial charge in [-0.2, -0.15) is 5.01 Å². The SMILES string of the molecule is CNC(=O)C(C)NC(=O)N(CCCl)N=O. The molecule has 0 fully saturated rings. The number of carbonyl (C=O) groups is 2. The van der Waals surface area contributed by atoms with Crippen LogP contribution in [0.15, 0.2) is 5.29 Å². The summed E-state index contributed by atoms with van der Waals surface area (Å²) in [6.45, 7) is 1.48. The van der Waals surface area contributed by atoms with Crippen LogP contribution in [0.3, 0.4) is 0 Å². The average Bonchev–Trinajstić information content (AvgIpc) is 2.24. The Morgan fingerprint density at radius 1 is 1.53 bits per heavy atom. The molecule has 0 aromatic heterocycles. The highest BCUT2D eigenvalue weighted by Gasteiger charge is 2.19. The average molecular weight is 237 g/mol. The lowest BCUT2D eigenvalue weighted by molar-refractivity contribution is -0.122. The van der Waals surface area contributed by atoms with Crippen molar-refractivity contribution in [3.63, 3.8) is 0 Å². The van der Waals surface area contributed by atoms with Crippen molar-refractivity contribution in [3.05, 3.63) is 4.91 Å². The Kier molecular flexibility index (Phi) is 6.35. The minimum absolute atomic E-state index is 0.00263. The van der Waals surface area contributed by atoms with Crippen molar-refractivity contribution in [1.82, 2.24) is 15.6 Å². The molecule has 8 heteroatoms. The molecule has 0 aromatic rings. The summed E-state index contributed by atoms with van der Waals surface area (Å²) in [5.41, 5.74) is 0. The fraction of sp³-hybridized carbons (Fsp3) is 0.714. The summed E-state index contributed by atoms with van der Waals surface area (Å²) in [6, 6.07) is -1.48. The number of alkyl halides is 1. The standard InChI is InChI=1S/C7H13ClN4O3/c1-5(6(13)9-2)10-7(14)12(11-15)4-3-8/h5H,3-4H2,1-2H3,(H,9,13)(H,10,14). The Balaban J connectivity index is 4.21. The summed E-state index contributed by atoms with van der Waals surface area (Å²) in [4.78, 5) is 32.5. The Hall–Kier alpha value is -1.37. The molecule has 7 nitrogen and oxygen atoms in total. The van der Waals surface area contributed by atoms with Crippen LogP contribution in [0.25, 0.3) is 0 Å². The number of nitroso groups, excluding NO2 is 1. The lowest BCUT2D eigenvalue weighted by Gasteiger charge is -2.16. The second kappa shape index (κ2) is 6.99. The maximum absolute atomic E-state index is 11.3. The van der Waals surface area contributed by atoms with E-state index < -0.39 is 12.1 Å². The Labute approximate surface area is 92.1 Å². The van der Waals surface area contributed by atoms with Crippen molar-refractivity contribution in [2.75, 3.05) is 19.5 Å². The highest BCUT2D eigenvalue weighted by Crippen LogP contribution is 1.93. The Morgan fingerprint density at radius 3 is 2.53 bits per heavy atom. The largest absolute Gasteiger partial charge is 0.357 e. The number of nitrogens with zero attached hydrogens (tertiary/aromatic N) is 2. The van der Waals surface area contributed by atoms with Gasteiger partial charge in [0.25, 0.3) is 0 Å². The molecule has 2 N–H and O–H groups in total. The summed E-state index contributed by atoms with van der Waals surface area (Å²) in [5, 5.41) is 7.73. The third kappa shape index (κ3) is 4.59. The van der Waals surface area contributed by atoms with E-state index in [-0.39, 0.29) is 18.3 Å². The number of hydrogen-bond acceptors (Lipinski definition) is 4. The molecule has 15 heavy (non-hydrogen) atoms. The van der Waals surface area contributed by atoms with Crippen molar-refractivity contribution < 1.29 is 9.59 Å². The van der Waals surface area contributed by atoms with Crippen LogP contribution < -0.4 is 10.6 Å². The molecule has 0 aliphatic rings. The van der Waals surface area contributed by atoms with Gasteiger partial charge in [-0.1, -0.05) is 0 Å². The number of urea groups is 1. The fourth-order valence-electron chi connectivity index (χ4n) is 0.801. The van der Waals surface area contributed by atoms with Crippen molar-refractivity contribution >= 4 is 23.5 Å². The Morgan fingerprint density at radius 2 is 2.13 bits per heavy atom. The zero-order valence-electron chi connectivity index (χ0n) is 8.49. The highest BCUT2D eigenvalue weighted by atomic mass is 35.5. The van der Waals surface area contributed by atoms with Gasteiger partial charge in [-0.3, -0.25) is 4.79 Å². The van der Waals surface area contributed by atoms with Gasteiger partial charge in [0.15, 0.2) is 0 Å². The molecule has 0 rings (SSSR count). The molecule has 3 amide bonds. The first-order valence-electron chi connectivity index (χ1n) is 4.25. The molecule has 1 atom stereocenters. The van der Waals surface area contributed by atoms with Crippen LogP contribution in [0.1, 0.15) is 6.92 Å². The van der Waals surface area contributed by atoms with Gasteiger partial charge in [-0.15, -0.1) is 16.5 Å². The zero-order valence-corrected chi connectivity index (χ0v) is 9.24. The topological polar surface area (TPSA) is 90.9 Å². The van der Waals surface area contributed by atoms with E-state index in [0.717, 1.165) is 0 Å². The van der Waals surface area contributed by atoms with Gasteiger partial charge >= 0.3 is 6.03 Å². The first kappa shape index (κ1) is 13.6. The van der Waals surface area contributed by atoms with E-state index in [9.17, 15) is 14.5 Å². The van der Waals surface area contributed by atoms with E-state index in [0.29, 0.717) is 5.01 Å². The van der Waals surface area contributed by atoms with Crippen LogP contribution >= 0.6 is 11.6 Å². The molecule has 0 aliphatic heterocycles. The molecular weight excluding hydrogens is 224 g/mol. The normalized spacial score (nSPS) is 11.4. The number of hydrogen-bond donors (Lipinski definition) is 2. The third-order valence-corrected chi connectivity index (χ3v) is 1.78. The van der Waals surface area contributed by atoms with Crippen molar-refractivity contribution in [2.24, 2.45) is 5.29 Å². The monoisotopic (exact) mass is 236 g/mol. The third-order valence-electron chi connectivity index (χ3n) is 1.61. The number of rotatable bonds is 5. The van der Waals surface area contributed by atoms with Crippen LogP contribution in [0.2, 0.25) is 0 Å². The van der Waals surface area contributed by atoms with Gasteiger partial charge in [0, 0.05) is 12.9 Å². The van der Waals surface area contributed by atoms with Gasteiger partial charge in [0.05, 0.1) is 11.8 Å². The minimum atomic E-state index is -0.748. The number of amides is 3. The molecule has 0 spiro atoms. The van der Waals surface area contributed by atoms with Gasteiger partial charge in [0.1, 0.15) is 6.04 Å². The lowest BCUT2D eigenvalue weighted by Crippen LogP contribution is -2.48. The van der Waals surface area contributed by atoms with E-state index in [1.54, 1.807) is 0 Å². The second-order valence-electron chi connectivity index (χ2n) is 2.68. The van der Waals surface area contributed by atoms with Gasteiger partial charge < -0.3 is 10.6 Å². The van der Waals surface area contributed by atoms with Gasteiger partial charge in [0.2, 0.25) is 5.91 Å². The minimum Gasteiger partial charge on any atom is -0.357 e. The first-order valence-corrected chi connectivity index (χ1v) is 4.79. The van der Waals surface area contributed by atoms with Crippen LogP contribution in [-0.2, 0) is 4.79 Å². The summed E-state index contributed by atoms with van der Waals surface area (Å²) < 4.78 is 0. The first-order chi connectivity index (χ1) is 7.06. The number of halogens is 1. The summed E-state index contributed by atoms with van der Waals surface area (Å²) >= 11 is 5.35. The van der Waals surface area contributed by atoms with E-state index in [4.69, 9.17) is 11.6 Å². The molecule has 0 bridgehead atoms. The molecule has 0 saturated heterocycles. The second-order valence-corrected chi connectivity index (χ2v) is 3.06. The van der Waals surface area contributed by atoms with Gasteiger partial charge in [-0.05, 0) is 6.92 Å². The molecule has 0 heterocycles. The molecule has 0 aliphatic carbocycles. The predicted molar refractivity (Wildman–Crippen MR) is 55.3 cm³/mol. The van der Waals surface area contributed by atoms with E-state index in [2.05, 4.69) is 15.9 Å². The van der Waals surface area contributed by atoms with E-state index in [1.807, 2.05) is 0 Å². The summed E-state index contributed by atoms with van der Waals surface area (Å²) in [6.07, 6.45) is 0. The van der Waals surface area contributed by atoms with Crippen LogP contribution in [-0.4, -0.2) is 42.5 Å². The molecule has 1 unspecified atom stereocenters. The van der Waals surface area contributed by atoms with Crippen molar-refractivity contribution in [2.45, 2.75) is 13.0 Å². The molecule has 0 aromatic carbocycles. The number of nitrogens with one attached hydrogen (secondary N) is 2. The molecule has 86 valence electrons.